The first-order chi connectivity index (χ1) is 10.0. The minimum absolute atomic E-state index is 0.431. The van der Waals surface area contributed by atoms with E-state index >= 15 is 0 Å². The van der Waals surface area contributed by atoms with Gasteiger partial charge in [-0.2, -0.15) is 0 Å². The van der Waals surface area contributed by atoms with Gasteiger partial charge in [0, 0.05) is 11.8 Å². The molecule has 3 aromatic rings. The van der Waals surface area contributed by atoms with Crippen LogP contribution in [-0.4, -0.2) is 16.5 Å². The fraction of sp³-hybridized carbons (Fsp3) is 0.0714. The Morgan fingerprint density at radius 2 is 1.90 bits per heavy atom. The minimum atomic E-state index is 0.431. The molecule has 2 aromatic heterocycles. The van der Waals surface area contributed by atoms with E-state index in [0.29, 0.717) is 38.0 Å². The Morgan fingerprint density at radius 1 is 1.14 bits per heavy atom. The SMILES string of the molecule is COc1ccc(-c2nc3c(Cl)cc(Cl)cn3c2N)cc1Cl. The van der Waals surface area contributed by atoms with Crippen LogP contribution in [0.3, 0.4) is 0 Å². The van der Waals surface area contributed by atoms with Crippen molar-refractivity contribution in [2.75, 3.05) is 12.8 Å². The van der Waals surface area contributed by atoms with Gasteiger partial charge in [0.05, 0.1) is 22.2 Å². The second kappa shape index (κ2) is 5.30. The zero-order valence-electron chi connectivity index (χ0n) is 10.9. The van der Waals surface area contributed by atoms with Gasteiger partial charge in [-0.15, -0.1) is 0 Å². The number of nitrogen functional groups attached to an aromatic ring is 1. The molecule has 0 atom stereocenters. The van der Waals surface area contributed by atoms with Gasteiger partial charge in [0.25, 0.3) is 0 Å². The maximum Gasteiger partial charge on any atom is 0.158 e. The van der Waals surface area contributed by atoms with Crippen LogP contribution >= 0.6 is 34.8 Å². The molecule has 2 N–H and O–H groups in total. The smallest absolute Gasteiger partial charge is 0.158 e. The summed E-state index contributed by atoms with van der Waals surface area (Å²) in [5.74, 6) is 1.03. The van der Waals surface area contributed by atoms with E-state index in [1.807, 2.05) is 6.07 Å². The molecule has 108 valence electrons. The first kappa shape index (κ1) is 14.3. The molecule has 0 fully saturated rings. The zero-order valence-corrected chi connectivity index (χ0v) is 13.2. The Hall–Kier alpha value is -1.62. The third kappa shape index (κ3) is 2.39. The van der Waals surface area contributed by atoms with E-state index < -0.39 is 0 Å². The maximum atomic E-state index is 6.14. The average molecular weight is 343 g/mol. The Morgan fingerprint density at radius 3 is 2.57 bits per heavy atom. The summed E-state index contributed by atoms with van der Waals surface area (Å²) >= 11 is 18.3. The van der Waals surface area contributed by atoms with E-state index in [-0.39, 0.29) is 0 Å². The molecular formula is C14H10Cl3N3O. The number of fused-ring (bicyclic) bond motifs is 1. The largest absolute Gasteiger partial charge is 0.495 e. The van der Waals surface area contributed by atoms with Gasteiger partial charge < -0.3 is 10.5 Å². The fourth-order valence-electron chi connectivity index (χ4n) is 2.12. The Balaban J connectivity index is 2.23. The zero-order chi connectivity index (χ0) is 15.1. The molecule has 0 aliphatic heterocycles. The second-order valence-electron chi connectivity index (χ2n) is 4.39. The molecule has 0 saturated heterocycles. The van der Waals surface area contributed by atoms with Crippen molar-refractivity contribution in [1.29, 1.82) is 0 Å². The number of rotatable bonds is 2. The van der Waals surface area contributed by atoms with Crippen LogP contribution in [0.5, 0.6) is 5.75 Å². The molecule has 21 heavy (non-hydrogen) atoms. The van der Waals surface area contributed by atoms with Gasteiger partial charge in [0.1, 0.15) is 17.3 Å². The number of ether oxygens (including phenoxy) is 1. The molecule has 0 amide bonds. The van der Waals surface area contributed by atoms with Crippen LogP contribution in [0.1, 0.15) is 0 Å². The first-order valence-corrected chi connectivity index (χ1v) is 7.11. The fourth-order valence-corrected chi connectivity index (χ4v) is 2.89. The lowest BCUT2D eigenvalue weighted by molar-refractivity contribution is 0.415. The van der Waals surface area contributed by atoms with E-state index in [1.165, 1.54) is 0 Å². The van der Waals surface area contributed by atoms with Crippen LogP contribution in [-0.2, 0) is 0 Å². The van der Waals surface area contributed by atoms with Gasteiger partial charge in [-0.05, 0) is 24.3 Å². The lowest BCUT2D eigenvalue weighted by Gasteiger charge is -2.05. The number of anilines is 1. The van der Waals surface area contributed by atoms with E-state index in [2.05, 4.69) is 4.98 Å². The van der Waals surface area contributed by atoms with Gasteiger partial charge in [-0.25, -0.2) is 4.98 Å². The number of halogens is 3. The van der Waals surface area contributed by atoms with Gasteiger partial charge in [-0.3, -0.25) is 4.40 Å². The highest BCUT2D eigenvalue weighted by atomic mass is 35.5. The van der Waals surface area contributed by atoms with Crippen molar-refractivity contribution in [3.05, 3.63) is 45.5 Å². The van der Waals surface area contributed by atoms with Crippen molar-refractivity contribution in [2.24, 2.45) is 0 Å². The van der Waals surface area contributed by atoms with Crippen LogP contribution in [0, 0.1) is 0 Å². The summed E-state index contributed by atoms with van der Waals surface area (Å²) in [6, 6.07) is 6.96. The maximum absolute atomic E-state index is 6.14. The molecule has 0 spiro atoms. The van der Waals surface area contributed by atoms with Gasteiger partial charge in [0.15, 0.2) is 5.65 Å². The third-order valence-corrected chi connectivity index (χ3v) is 3.88. The lowest BCUT2D eigenvalue weighted by Crippen LogP contribution is -1.94. The number of imidazole rings is 1. The Labute approximate surface area is 136 Å². The number of aromatic nitrogens is 2. The van der Waals surface area contributed by atoms with Gasteiger partial charge in [-0.1, -0.05) is 34.8 Å². The quantitative estimate of drug-likeness (QED) is 0.743. The van der Waals surface area contributed by atoms with Crippen molar-refractivity contribution < 1.29 is 4.74 Å². The number of benzene rings is 1. The third-order valence-electron chi connectivity index (χ3n) is 3.10. The molecule has 1 aromatic carbocycles. The molecule has 2 heterocycles. The molecule has 3 rings (SSSR count). The molecule has 0 saturated carbocycles. The van der Waals surface area contributed by atoms with Gasteiger partial charge >= 0.3 is 0 Å². The lowest BCUT2D eigenvalue weighted by atomic mass is 10.1. The Kier molecular flexibility index (Phi) is 3.61. The number of methoxy groups -OCH3 is 1. The Bertz CT molecular complexity index is 845. The number of nitrogens with zero attached hydrogens (tertiary/aromatic N) is 2. The topological polar surface area (TPSA) is 52.5 Å². The molecule has 0 unspecified atom stereocenters. The highest BCUT2D eigenvalue weighted by Crippen LogP contribution is 2.34. The predicted octanol–water partition coefficient (Wildman–Crippen LogP) is 4.55. The average Bonchev–Trinajstić information content (AvgIpc) is 2.77. The number of pyridine rings is 1. The van der Waals surface area contributed by atoms with Gasteiger partial charge in [0.2, 0.25) is 0 Å². The van der Waals surface area contributed by atoms with Crippen LogP contribution < -0.4 is 10.5 Å². The first-order valence-electron chi connectivity index (χ1n) is 5.97. The second-order valence-corrected chi connectivity index (χ2v) is 5.65. The summed E-state index contributed by atoms with van der Waals surface area (Å²) in [6.07, 6.45) is 1.67. The standard InChI is InChI=1S/C14H10Cl3N3O/c1-21-11-3-2-7(4-9(11)16)12-13(18)20-6-8(15)5-10(17)14(20)19-12/h2-6H,18H2,1H3. The summed E-state index contributed by atoms with van der Waals surface area (Å²) in [6.45, 7) is 0. The summed E-state index contributed by atoms with van der Waals surface area (Å²) in [5, 5.41) is 1.39. The molecule has 0 aliphatic rings. The summed E-state index contributed by atoms with van der Waals surface area (Å²) in [7, 11) is 1.56. The highest BCUT2D eigenvalue weighted by molar-refractivity contribution is 6.36. The molecule has 4 nitrogen and oxygen atoms in total. The van der Waals surface area contributed by atoms with Crippen LogP contribution in [0.4, 0.5) is 5.82 Å². The van der Waals surface area contributed by atoms with E-state index in [0.717, 1.165) is 5.56 Å². The van der Waals surface area contributed by atoms with E-state index in [1.54, 1.807) is 35.9 Å². The summed E-state index contributed by atoms with van der Waals surface area (Å²) in [4.78, 5) is 4.47. The molecule has 0 radical (unpaired) electrons. The number of nitrogens with two attached hydrogens (primary N) is 1. The monoisotopic (exact) mass is 341 g/mol. The van der Waals surface area contributed by atoms with E-state index in [4.69, 9.17) is 45.3 Å². The molecule has 0 aliphatic carbocycles. The normalized spacial score (nSPS) is 11.0. The highest BCUT2D eigenvalue weighted by Gasteiger charge is 2.15. The predicted molar refractivity (Wildman–Crippen MR) is 86.6 cm³/mol. The number of hydrogen-bond donors (Lipinski definition) is 1. The van der Waals surface area contributed by atoms with Crippen molar-refractivity contribution >= 4 is 46.3 Å². The molecular weight excluding hydrogens is 333 g/mol. The van der Waals surface area contributed by atoms with Crippen LogP contribution in [0.15, 0.2) is 30.5 Å². The molecule has 7 heteroatoms. The van der Waals surface area contributed by atoms with Crippen molar-refractivity contribution in [3.63, 3.8) is 0 Å². The summed E-state index contributed by atoms with van der Waals surface area (Å²) < 4.78 is 6.78. The molecule has 0 bridgehead atoms. The van der Waals surface area contributed by atoms with Crippen molar-refractivity contribution in [1.82, 2.24) is 9.38 Å². The van der Waals surface area contributed by atoms with Crippen LogP contribution in [0.25, 0.3) is 16.9 Å². The van der Waals surface area contributed by atoms with Crippen molar-refractivity contribution in [2.45, 2.75) is 0 Å². The minimum Gasteiger partial charge on any atom is -0.495 e. The van der Waals surface area contributed by atoms with Crippen LogP contribution in [0.2, 0.25) is 15.1 Å². The summed E-state index contributed by atoms with van der Waals surface area (Å²) in [5.41, 5.74) is 8.04. The number of hydrogen-bond acceptors (Lipinski definition) is 3. The van der Waals surface area contributed by atoms with Crippen molar-refractivity contribution in [3.8, 4) is 17.0 Å². The van der Waals surface area contributed by atoms with E-state index in [9.17, 15) is 0 Å².